The van der Waals surface area contributed by atoms with Crippen LogP contribution in [0.3, 0.4) is 0 Å². The number of carboxylic acid groups (broad SMARTS) is 1. The minimum Gasteiger partial charge on any atom is -0.488 e. The van der Waals surface area contributed by atoms with Gasteiger partial charge in [-0.05, 0) is 47.7 Å². The second-order valence-corrected chi connectivity index (χ2v) is 7.23. The molecule has 0 aliphatic rings. The smallest absolute Gasteiger partial charge is 0.336 e. The van der Waals surface area contributed by atoms with E-state index in [1.165, 1.54) is 35.2 Å². The molecule has 0 spiro atoms. The van der Waals surface area contributed by atoms with Gasteiger partial charge in [-0.15, -0.1) is 23.1 Å². The fourth-order valence-corrected chi connectivity index (χ4v) is 3.76. The van der Waals surface area contributed by atoms with E-state index in [0.29, 0.717) is 16.2 Å². The largest absolute Gasteiger partial charge is 0.488 e. The molecule has 7 heteroatoms. The third kappa shape index (κ3) is 4.05. The van der Waals surface area contributed by atoms with Gasteiger partial charge in [-0.3, -0.25) is 0 Å². The highest BCUT2D eigenvalue weighted by Gasteiger charge is 2.11. The fraction of sp³-hybridized carbons (Fsp3) is 0.105. The summed E-state index contributed by atoms with van der Waals surface area (Å²) >= 11 is 2.66. The summed E-state index contributed by atoms with van der Waals surface area (Å²) in [6, 6.07) is 11.0. The van der Waals surface area contributed by atoms with E-state index >= 15 is 0 Å². The molecular formula is C19H14F2O3S2. The molecule has 0 atom stereocenters. The van der Waals surface area contributed by atoms with Gasteiger partial charge < -0.3 is 9.84 Å². The van der Waals surface area contributed by atoms with E-state index in [9.17, 15) is 13.6 Å². The summed E-state index contributed by atoms with van der Waals surface area (Å²) in [4.78, 5) is 12.3. The molecule has 0 fully saturated rings. The lowest BCUT2D eigenvalue weighted by Gasteiger charge is -2.10. The lowest BCUT2D eigenvalue weighted by atomic mass is 10.1. The molecular weight excluding hydrogens is 378 g/mol. The number of thioether (sulfide) groups is 1. The molecule has 0 amide bonds. The molecule has 3 aromatic rings. The second kappa shape index (κ2) is 7.88. The minimum atomic E-state index is -0.965. The average Bonchev–Trinajstić information content (AvgIpc) is 3.12. The predicted molar refractivity (Wildman–Crippen MR) is 99.2 cm³/mol. The number of thiophene rings is 1. The van der Waals surface area contributed by atoms with Gasteiger partial charge in [0.15, 0.2) is 11.6 Å². The van der Waals surface area contributed by atoms with Crippen LogP contribution in [0.1, 0.15) is 15.2 Å². The lowest BCUT2D eigenvalue weighted by molar-refractivity contribution is 0.0697. The van der Waals surface area contributed by atoms with Crippen molar-refractivity contribution >= 4 is 29.1 Å². The highest BCUT2D eigenvalue weighted by molar-refractivity contribution is 7.98. The molecule has 134 valence electrons. The second-order valence-electron chi connectivity index (χ2n) is 5.39. The minimum absolute atomic E-state index is 0.242. The first-order chi connectivity index (χ1) is 12.5. The van der Waals surface area contributed by atoms with Gasteiger partial charge in [0, 0.05) is 15.2 Å². The van der Waals surface area contributed by atoms with Crippen LogP contribution >= 0.6 is 23.1 Å². The predicted octanol–water partition coefficient (Wildman–Crippen LogP) is 5.69. The van der Waals surface area contributed by atoms with Crippen LogP contribution in [-0.4, -0.2) is 17.3 Å². The van der Waals surface area contributed by atoms with E-state index in [0.717, 1.165) is 10.4 Å². The Kier molecular flexibility index (Phi) is 5.58. The number of carboxylic acids is 1. The number of ether oxygens (including phenoxy) is 1. The van der Waals surface area contributed by atoms with Crippen molar-refractivity contribution in [2.24, 2.45) is 0 Å². The van der Waals surface area contributed by atoms with Gasteiger partial charge in [0.1, 0.15) is 12.4 Å². The average molecular weight is 392 g/mol. The molecule has 1 N–H and O–H groups in total. The van der Waals surface area contributed by atoms with Gasteiger partial charge in [-0.25, -0.2) is 13.6 Å². The highest BCUT2D eigenvalue weighted by atomic mass is 32.2. The van der Waals surface area contributed by atoms with Gasteiger partial charge in [-0.2, -0.15) is 0 Å². The third-order valence-corrected chi connectivity index (χ3v) is 5.38. The number of benzene rings is 2. The number of aromatic carboxylic acids is 1. The van der Waals surface area contributed by atoms with Crippen molar-refractivity contribution in [3.8, 4) is 16.9 Å². The molecule has 0 bridgehead atoms. The normalized spacial score (nSPS) is 10.7. The Morgan fingerprint density at radius 3 is 2.46 bits per heavy atom. The molecule has 1 aromatic heterocycles. The third-order valence-electron chi connectivity index (χ3n) is 3.69. The molecule has 0 saturated heterocycles. The first kappa shape index (κ1) is 18.4. The molecule has 3 rings (SSSR count). The molecule has 1 heterocycles. The van der Waals surface area contributed by atoms with Crippen molar-refractivity contribution in [3.05, 3.63) is 69.9 Å². The van der Waals surface area contributed by atoms with Crippen molar-refractivity contribution in [2.45, 2.75) is 11.5 Å². The van der Waals surface area contributed by atoms with Crippen LogP contribution in [0.4, 0.5) is 8.78 Å². The SMILES string of the molecule is CSc1cc(F)c(F)cc1-c1ccc(OCc2cc(C(=O)O)cs2)cc1. The number of hydrogen-bond donors (Lipinski definition) is 1. The van der Waals surface area contributed by atoms with Gasteiger partial charge in [0.2, 0.25) is 0 Å². The molecule has 26 heavy (non-hydrogen) atoms. The van der Waals surface area contributed by atoms with Gasteiger partial charge >= 0.3 is 5.97 Å². The van der Waals surface area contributed by atoms with E-state index < -0.39 is 17.6 Å². The Morgan fingerprint density at radius 2 is 1.85 bits per heavy atom. The standard InChI is InChI=1S/C19H14F2O3S2/c1-25-18-8-17(21)16(20)7-15(18)11-2-4-13(5-3-11)24-9-14-6-12(10-26-14)19(22)23/h2-8,10H,9H2,1H3,(H,22,23). The van der Waals surface area contributed by atoms with Crippen molar-refractivity contribution in [1.29, 1.82) is 0 Å². The number of halogens is 2. The lowest BCUT2D eigenvalue weighted by Crippen LogP contribution is -1.95. The highest BCUT2D eigenvalue weighted by Crippen LogP contribution is 2.33. The maximum atomic E-state index is 13.6. The Hall–Kier alpha value is -2.38. The number of rotatable bonds is 6. The van der Waals surface area contributed by atoms with Crippen molar-refractivity contribution < 1.29 is 23.4 Å². The Morgan fingerprint density at radius 1 is 1.15 bits per heavy atom. The zero-order chi connectivity index (χ0) is 18.7. The van der Waals surface area contributed by atoms with Crippen LogP contribution in [0, 0.1) is 11.6 Å². The molecule has 0 aliphatic heterocycles. The Labute approximate surface area is 157 Å². The number of hydrogen-bond acceptors (Lipinski definition) is 4. The quantitative estimate of drug-likeness (QED) is 0.547. The maximum absolute atomic E-state index is 13.6. The molecule has 0 aliphatic carbocycles. The van der Waals surface area contributed by atoms with E-state index in [-0.39, 0.29) is 12.2 Å². The zero-order valence-electron chi connectivity index (χ0n) is 13.7. The van der Waals surface area contributed by atoms with Crippen LogP contribution in [0.2, 0.25) is 0 Å². The summed E-state index contributed by atoms with van der Waals surface area (Å²) in [6.07, 6.45) is 1.81. The van der Waals surface area contributed by atoms with E-state index in [2.05, 4.69) is 0 Å². The molecule has 0 saturated carbocycles. The summed E-state index contributed by atoms with van der Waals surface area (Å²) in [6.45, 7) is 0.262. The van der Waals surface area contributed by atoms with Gasteiger partial charge in [0.25, 0.3) is 0 Å². The van der Waals surface area contributed by atoms with E-state index in [4.69, 9.17) is 9.84 Å². The summed E-state index contributed by atoms with van der Waals surface area (Å²) in [5.41, 5.74) is 1.61. The monoisotopic (exact) mass is 392 g/mol. The van der Waals surface area contributed by atoms with Gasteiger partial charge in [-0.1, -0.05) is 12.1 Å². The van der Waals surface area contributed by atoms with Gasteiger partial charge in [0.05, 0.1) is 5.56 Å². The molecule has 2 aromatic carbocycles. The van der Waals surface area contributed by atoms with Crippen LogP contribution in [-0.2, 0) is 6.61 Å². The Balaban J connectivity index is 1.74. The van der Waals surface area contributed by atoms with Crippen molar-refractivity contribution in [2.75, 3.05) is 6.26 Å². The van der Waals surface area contributed by atoms with E-state index in [1.54, 1.807) is 42.0 Å². The van der Waals surface area contributed by atoms with Crippen molar-refractivity contribution in [3.63, 3.8) is 0 Å². The first-order valence-corrected chi connectivity index (χ1v) is 9.65. The number of carbonyl (C=O) groups is 1. The van der Waals surface area contributed by atoms with Crippen LogP contribution < -0.4 is 4.74 Å². The molecule has 0 radical (unpaired) electrons. The van der Waals surface area contributed by atoms with Crippen LogP contribution in [0.25, 0.3) is 11.1 Å². The maximum Gasteiger partial charge on any atom is 0.336 e. The van der Waals surface area contributed by atoms with E-state index in [1.807, 2.05) is 0 Å². The molecule has 0 unspecified atom stereocenters. The summed E-state index contributed by atoms with van der Waals surface area (Å²) in [7, 11) is 0. The molecule has 3 nitrogen and oxygen atoms in total. The van der Waals surface area contributed by atoms with Crippen LogP contribution in [0.5, 0.6) is 5.75 Å². The Bertz CT molecular complexity index is 936. The first-order valence-electron chi connectivity index (χ1n) is 7.55. The van der Waals surface area contributed by atoms with Crippen LogP contribution in [0.15, 0.2) is 52.7 Å². The fourth-order valence-electron chi connectivity index (χ4n) is 2.38. The topological polar surface area (TPSA) is 46.5 Å². The zero-order valence-corrected chi connectivity index (χ0v) is 15.3. The summed E-state index contributed by atoms with van der Waals surface area (Å²) < 4.78 is 32.6. The summed E-state index contributed by atoms with van der Waals surface area (Å²) in [5.74, 6) is -2.11. The van der Waals surface area contributed by atoms with Crippen molar-refractivity contribution in [1.82, 2.24) is 0 Å². The summed E-state index contributed by atoms with van der Waals surface area (Å²) in [5, 5.41) is 10.5.